The van der Waals surface area contributed by atoms with Crippen molar-refractivity contribution < 1.29 is 27.6 Å². The maximum absolute atomic E-state index is 14.1. The molecule has 6 rings (SSSR count). The maximum Gasteiger partial charge on any atom is 0.425 e. The Hall–Kier alpha value is -2.38. The molecule has 1 saturated heterocycles. The number of rotatable bonds is 4. The van der Waals surface area contributed by atoms with Crippen molar-refractivity contribution in [2.75, 3.05) is 6.54 Å². The summed E-state index contributed by atoms with van der Waals surface area (Å²) in [5.41, 5.74) is -4.11. The van der Waals surface area contributed by atoms with E-state index in [1.807, 2.05) is 5.32 Å². The van der Waals surface area contributed by atoms with Crippen LogP contribution in [-0.4, -0.2) is 35.3 Å². The van der Waals surface area contributed by atoms with Crippen LogP contribution in [0.1, 0.15) is 44.1 Å². The SMILES string of the molecule is O=C1NC(c2ccccc2)(C(F)(F)F)C(=O)N1CC(=O)C12CC3CC(CC(C3)C1)C2. The number of urea groups is 1. The fourth-order valence-corrected chi connectivity index (χ4v) is 6.72. The molecule has 3 amide bonds. The average Bonchev–Trinajstić information content (AvgIpc) is 2.93. The number of amides is 3. The normalized spacial score (nSPS) is 37.6. The number of hydrogen-bond acceptors (Lipinski definition) is 3. The van der Waals surface area contributed by atoms with E-state index >= 15 is 0 Å². The highest BCUT2D eigenvalue weighted by Crippen LogP contribution is 2.60. The Morgan fingerprint density at radius 1 is 1.00 bits per heavy atom. The Kier molecular flexibility index (Phi) is 4.12. The first-order chi connectivity index (χ1) is 14.1. The van der Waals surface area contributed by atoms with Gasteiger partial charge in [0.15, 0.2) is 5.78 Å². The monoisotopic (exact) mass is 420 g/mol. The molecule has 5 fully saturated rings. The number of ketones is 1. The number of imide groups is 1. The van der Waals surface area contributed by atoms with E-state index in [4.69, 9.17) is 0 Å². The maximum atomic E-state index is 14.1. The van der Waals surface area contributed by atoms with Crippen LogP contribution < -0.4 is 5.32 Å². The molecule has 1 atom stereocenters. The number of Topliss-reactive ketones (excluding diaryl/α,β-unsaturated/α-hetero) is 1. The summed E-state index contributed by atoms with van der Waals surface area (Å²) in [6.45, 7) is -0.596. The highest BCUT2D eigenvalue weighted by Gasteiger charge is 2.69. The van der Waals surface area contributed by atoms with Gasteiger partial charge in [-0.1, -0.05) is 30.3 Å². The molecule has 1 aromatic rings. The third kappa shape index (κ3) is 2.65. The lowest BCUT2D eigenvalue weighted by Gasteiger charge is -2.56. The zero-order valence-electron chi connectivity index (χ0n) is 16.4. The first kappa shape index (κ1) is 19.6. The van der Waals surface area contributed by atoms with Crippen LogP contribution in [0.5, 0.6) is 0 Å². The molecule has 4 saturated carbocycles. The van der Waals surface area contributed by atoms with Crippen molar-refractivity contribution in [2.24, 2.45) is 23.2 Å². The number of hydrogen-bond donors (Lipinski definition) is 1. The average molecular weight is 420 g/mol. The van der Waals surface area contributed by atoms with Crippen LogP contribution >= 0.6 is 0 Å². The van der Waals surface area contributed by atoms with Crippen LogP contribution in [0.3, 0.4) is 0 Å². The van der Waals surface area contributed by atoms with E-state index in [1.165, 1.54) is 18.2 Å². The molecular formula is C22H23F3N2O3. The zero-order valence-corrected chi connectivity index (χ0v) is 16.4. The number of nitrogens with zero attached hydrogens (tertiary/aromatic N) is 1. The Morgan fingerprint density at radius 3 is 2.03 bits per heavy atom. The van der Waals surface area contributed by atoms with Crippen molar-refractivity contribution in [3.8, 4) is 0 Å². The smallest absolute Gasteiger partial charge is 0.312 e. The van der Waals surface area contributed by atoms with Crippen molar-refractivity contribution in [3.63, 3.8) is 0 Å². The van der Waals surface area contributed by atoms with Crippen LogP contribution in [0.4, 0.5) is 18.0 Å². The van der Waals surface area contributed by atoms with Gasteiger partial charge in [-0.2, -0.15) is 13.2 Å². The van der Waals surface area contributed by atoms with Crippen molar-refractivity contribution in [3.05, 3.63) is 35.9 Å². The molecule has 0 aromatic heterocycles. The molecule has 4 bridgehead atoms. The van der Waals surface area contributed by atoms with Gasteiger partial charge in [-0.3, -0.25) is 14.5 Å². The lowest BCUT2D eigenvalue weighted by molar-refractivity contribution is -0.198. The van der Waals surface area contributed by atoms with Gasteiger partial charge in [0.05, 0.1) is 6.54 Å². The fourth-order valence-electron chi connectivity index (χ4n) is 6.72. The Labute approximate surface area is 172 Å². The highest BCUT2D eigenvalue weighted by atomic mass is 19.4. The van der Waals surface area contributed by atoms with E-state index in [-0.39, 0.29) is 11.3 Å². The number of carbonyl (C=O) groups is 3. The van der Waals surface area contributed by atoms with Crippen molar-refractivity contribution in [1.82, 2.24) is 10.2 Å². The summed E-state index contributed by atoms with van der Waals surface area (Å²) < 4.78 is 42.3. The Morgan fingerprint density at radius 2 is 1.53 bits per heavy atom. The summed E-state index contributed by atoms with van der Waals surface area (Å²) in [4.78, 5) is 39.3. The lowest BCUT2D eigenvalue weighted by atomic mass is 9.48. The number of alkyl halides is 3. The summed E-state index contributed by atoms with van der Waals surface area (Å²) in [5, 5.41) is 1.86. The topological polar surface area (TPSA) is 66.5 Å². The van der Waals surface area contributed by atoms with Crippen LogP contribution in [0, 0.1) is 23.2 Å². The molecule has 30 heavy (non-hydrogen) atoms. The van der Waals surface area contributed by atoms with Crippen molar-refractivity contribution in [1.29, 1.82) is 0 Å². The first-order valence-corrected chi connectivity index (χ1v) is 10.4. The molecule has 1 aliphatic heterocycles. The minimum atomic E-state index is -5.04. The van der Waals surface area contributed by atoms with E-state index in [9.17, 15) is 27.6 Å². The summed E-state index contributed by atoms with van der Waals surface area (Å²) in [6, 6.07) is 5.45. The largest absolute Gasteiger partial charge is 0.425 e. The van der Waals surface area contributed by atoms with Crippen molar-refractivity contribution >= 4 is 17.7 Å². The number of carbonyl (C=O) groups excluding carboxylic acids is 3. The number of nitrogens with one attached hydrogen (secondary N) is 1. The predicted octanol–water partition coefficient (Wildman–Crippen LogP) is 3.78. The van der Waals surface area contributed by atoms with Gasteiger partial charge in [0.2, 0.25) is 5.54 Å². The molecule has 5 aliphatic rings. The van der Waals surface area contributed by atoms with E-state index in [2.05, 4.69) is 0 Å². The standard InChI is InChI=1S/C22H23F3N2O3/c23-22(24,25)21(16-4-2-1-3-5-16)18(29)27(19(30)26-21)12-17(28)20-9-13-6-14(10-20)8-15(7-13)11-20/h1-5,13-15H,6-12H2,(H,26,30). The molecule has 0 radical (unpaired) electrons. The Balaban J connectivity index is 1.44. The fraction of sp³-hybridized carbons (Fsp3) is 0.591. The van der Waals surface area contributed by atoms with Crippen LogP contribution in [0.15, 0.2) is 30.3 Å². The molecule has 1 aromatic carbocycles. The summed E-state index contributed by atoms with van der Waals surface area (Å²) in [6.07, 6.45) is 0.474. The molecule has 4 aliphatic carbocycles. The van der Waals surface area contributed by atoms with E-state index in [0.29, 0.717) is 22.7 Å². The van der Waals surface area contributed by atoms with Gasteiger partial charge < -0.3 is 5.32 Å². The van der Waals surface area contributed by atoms with E-state index in [0.717, 1.165) is 50.7 Å². The second-order valence-electron chi connectivity index (χ2n) is 9.56. The summed E-state index contributed by atoms with van der Waals surface area (Å²) >= 11 is 0. The van der Waals surface area contributed by atoms with Gasteiger partial charge >= 0.3 is 12.2 Å². The van der Waals surface area contributed by atoms with E-state index < -0.39 is 35.6 Å². The second kappa shape index (κ2) is 6.31. The predicted molar refractivity (Wildman–Crippen MR) is 100 cm³/mol. The molecule has 5 nitrogen and oxygen atoms in total. The van der Waals surface area contributed by atoms with Crippen LogP contribution in [-0.2, 0) is 15.1 Å². The minimum Gasteiger partial charge on any atom is -0.312 e. The van der Waals surface area contributed by atoms with Crippen molar-refractivity contribution in [2.45, 2.75) is 50.2 Å². The molecule has 1 heterocycles. The zero-order chi connectivity index (χ0) is 21.3. The molecule has 8 heteroatoms. The molecule has 1 N–H and O–H groups in total. The third-order valence-corrected chi connectivity index (χ3v) is 7.67. The van der Waals surface area contributed by atoms with Gasteiger partial charge in [-0.25, -0.2) is 4.79 Å². The molecule has 0 spiro atoms. The second-order valence-corrected chi connectivity index (χ2v) is 9.56. The number of benzene rings is 1. The number of halogens is 3. The lowest BCUT2D eigenvalue weighted by Crippen LogP contribution is -2.56. The quantitative estimate of drug-likeness (QED) is 0.754. The summed E-state index contributed by atoms with van der Waals surface area (Å²) in [7, 11) is 0. The molecule has 160 valence electrons. The third-order valence-electron chi connectivity index (χ3n) is 7.67. The van der Waals surface area contributed by atoms with Gasteiger partial charge in [-0.05, 0) is 61.8 Å². The van der Waals surface area contributed by atoms with E-state index in [1.54, 1.807) is 0 Å². The molecular weight excluding hydrogens is 397 g/mol. The Bertz CT molecular complexity index is 879. The van der Waals surface area contributed by atoms with Crippen LogP contribution in [0.25, 0.3) is 0 Å². The molecule has 1 unspecified atom stereocenters. The highest BCUT2D eigenvalue weighted by molar-refractivity contribution is 6.10. The van der Waals surface area contributed by atoms with Gasteiger partial charge in [-0.15, -0.1) is 0 Å². The first-order valence-electron chi connectivity index (χ1n) is 10.4. The summed E-state index contributed by atoms with van der Waals surface area (Å²) in [5.74, 6) is -0.272. The minimum absolute atomic E-state index is 0.267. The van der Waals surface area contributed by atoms with Crippen LogP contribution in [0.2, 0.25) is 0 Å². The van der Waals surface area contributed by atoms with Gasteiger partial charge in [0.25, 0.3) is 5.91 Å². The van der Waals surface area contributed by atoms with Gasteiger partial charge in [0, 0.05) is 5.41 Å². The van der Waals surface area contributed by atoms with Gasteiger partial charge in [0.1, 0.15) is 0 Å².